The van der Waals surface area contributed by atoms with E-state index in [1.807, 2.05) is 0 Å². The maximum Gasteiger partial charge on any atom is 0.163 e. The molecule has 0 radical (unpaired) electrons. The van der Waals surface area contributed by atoms with Crippen molar-refractivity contribution in [2.75, 3.05) is 0 Å². The molecule has 0 heterocycles. The second-order valence-corrected chi connectivity index (χ2v) is 5.65. The number of allylic oxidation sites excluding steroid dienone is 4. The standard InChI is InChI=1S/C15H22O/c1-9(2)14-13(16)8-6-10(3)12-7-5-11(4)15(12)14/h10,12H,5-8H2,1-4H3/t10-,12-/m0/s1. The monoisotopic (exact) mass is 218 g/mol. The van der Waals surface area contributed by atoms with Crippen LogP contribution in [0.5, 0.6) is 0 Å². The van der Waals surface area contributed by atoms with Gasteiger partial charge >= 0.3 is 0 Å². The molecular weight excluding hydrogens is 196 g/mol. The summed E-state index contributed by atoms with van der Waals surface area (Å²) in [7, 11) is 0. The van der Waals surface area contributed by atoms with Gasteiger partial charge in [-0.2, -0.15) is 0 Å². The van der Waals surface area contributed by atoms with Gasteiger partial charge in [0.05, 0.1) is 0 Å². The zero-order chi connectivity index (χ0) is 11.9. The van der Waals surface area contributed by atoms with E-state index >= 15 is 0 Å². The first-order valence-corrected chi connectivity index (χ1v) is 6.43. The molecule has 2 rings (SSSR count). The van der Waals surface area contributed by atoms with E-state index in [9.17, 15) is 4.79 Å². The van der Waals surface area contributed by atoms with Gasteiger partial charge in [-0.15, -0.1) is 0 Å². The Balaban J connectivity index is 2.55. The van der Waals surface area contributed by atoms with Crippen molar-refractivity contribution in [2.24, 2.45) is 11.8 Å². The van der Waals surface area contributed by atoms with Gasteiger partial charge in [-0.25, -0.2) is 0 Å². The molecule has 1 fully saturated rings. The summed E-state index contributed by atoms with van der Waals surface area (Å²) in [5.41, 5.74) is 5.16. The fraction of sp³-hybridized carbons (Fsp3) is 0.667. The molecule has 1 nitrogen and oxygen atoms in total. The van der Waals surface area contributed by atoms with Crippen LogP contribution >= 0.6 is 0 Å². The highest BCUT2D eigenvalue weighted by molar-refractivity contribution is 6.01. The summed E-state index contributed by atoms with van der Waals surface area (Å²) in [5, 5.41) is 0. The Bertz CT molecular complexity index is 380. The number of hydrogen-bond donors (Lipinski definition) is 0. The SMILES string of the molecule is CC(C)=C1C(=O)CC[C@H](C)[C@@H]2CCC(C)=C12. The summed E-state index contributed by atoms with van der Waals surface area (Å²) in [4.78, 5) is 12.2. The van der Waals surface area contributed by atoms with Crippen LogP contribution in [-0.2, 0) is 4.79 Å². The molecule has 2 aliphatic carbocycles. The predicted octanol–water partition coefficient (Wildman–Crippen LogP) is 4.05. The van der Waals surface area contributed by atoms with Crippen molar-refractivity contribution in [1.82, 2.24) is 0 Å². The van der Waals surface area contributed by atoms with Gasteiger partial charge in [-0.3, -0.25) is 4.79 Å². The van der Waals surface area contributed by atoms with Crippen molar-refractivity contribution in [3.8, 4) is 0 Å². The van der Waals surface area contributed by atoms with E-state index < -0.39 is 0 Å². The molecule has 16 heavy (non-hydrogen) atoms. The van der Waals surface area contributed by atoms with Gasteiger partial charge in [0.15, 0.2) is 5.78 Å². The van der Waals surface area contributed by atoms with Gasteiger partial charge in [0.2, 0.25) is 0 Å². The van der Waals surface area contributed by atoms with E-state index in [0.29, 0.717) is 17.6 Å². The van der Waals surface area contributed by atoms with E-state index in [4.69, 9.17) is 0 Å². The minimum Gasteiger partial charge on any atom is -0.294 e. The van der Waals surface area contributed by atoms with E-state index in [0.717, 1.165) is 18.4 Å². The van der Waals surface area contributed by atoms with Crippen LogP contribution in [0.2, 0.25) is 0 Å². The lowest BCUT2D eigenvalue weighted by atomic mass is 9.84. The van der Waals surface area contributed by atoms with E-state index in [1.165, 1.54) is 29.6 Å². The van der Waals surface area contributed by atoms with Crippen molar-refractivity contribution in [2.45, 2.75) is 53.4 Å². The zero-order valence-electron chi connectivity index (χ0n) is 10.9. The van der Waals surface area contributed by atoms with E-state index in [1.54, 1.807) is 0 Å². The first-order valence-electron chi connectivity index (χ1n) is 6.43. The topological polar surface area (TPSA) is 17.1 Å². The Morgan fingerprint density at radius 1 is 1.19 bits per heavy atom. The van der Waals surface area contributed by atoms with Crippen LogP contribution in [0.15, 0.2) is 22.3 Å². The smallest absolute Gasteiger partial charge is 0.163 e. The lowest BCUT2D eigenvalue weighted by Crippen LogP contribution is -2.11. The third kappa shape index (κ3) is 1.77. The number of fused-ring (bicyclic) bond motifs is 1. The van der Waals surface area contributed by atoms with Crippen molar-refractivity contribution >= 4 is 5.78 Å². The maximum absolute atomic E-state index is 12.2. The van der Waals surface area contributed by atoms with Crippen molar-refractivity contribution in [3.63, 3.8) is 0 Å². The number of ketones is 1. The second kappa shape index (κ2) is 4.20. The number of carbonyl (C=O) groups excluding carboxylic acids is 1. The van der Waals surface area contributed by atoms with Crippen molar-refractivity contribution in [3.05, 3.63) is 22.3 Å². The third-order valence-corrected chi connectivity index (χ3v) is 4.22. The Morgan fingerprint density at radius 3 is 2.50 bits per heavy atom. The van der Waals surface area contributed by atoms with Crippen LogP contribution in [-0.4, -0.2) is 5.78 Å². The van der Waals surface area contributed by atoms with Crippen LogP contribution in [0.4, 0.5) is 0 Å². The van der Waals surface area contributed by atoms with Gasteiger partial charge in [0.1, 0.15) is 0 Å². The second-order valence-electron chi connectivity index (χ2n) is 5.65. The number of Topliss-reactive ketones (excluding diaryl/α,β-unsaturated/α-hetero) is 1. The normalized spacial score (nSPS) is 30.5. The first-order chi connectivity index (χ1) is 7.52. The van der Waals surface area contributed by atoms with Gasteiger partial charge in [-0.05, 0) is 57.4 Å². The molecule has 0 aromatic carbocycles. The average Bonchev–Trinajstić information content (AvgIpc) is 2.51. The predicted molar refractivity (Wildman–Crippen MR) is 67.2 cm³/mol. The average molecular weight is 218 g/mol. The summed E-state index contributed by atoms with van der Waals surface area (Å²) in [6.07, 6.45) is 4.26. The molecule has 0 bridgehead atoms. The van der Waals surface area contributed by atoms with E-state index in [-0.39, 0.29) is 0 Å². The van der Waals surface area contributed by atoms with Crippen LogP contribution in [0.3, 0.4) is 0 Å². The molecule has 0 N–H and O–H groups in total. The molecule has 2 aliphatic rings. The van der Waals surface area contributed by atoms with Gasteiger partial charge in [0.25, 0.3) is 0 Å². The summed E-state index contributed by atoms with van der Waals surface area (Å²) < 4.78 is 0. The highest BCUT2D eigenvalue weighted by atomic mass is 16.1. The molecule has 0 aromatic heterocycles. The molecule has 0 unspecified atom stereocenters. The lowest BCUT2D eigenvalue weighted by molar-refractivity contribution is -0.115. The molecule has 0 aromatic rings. The van der Waals surface area contributed by atoms with E-state index in [2.05, 4.69) is 27.7 Å². The molecule has 0 aliphatic heterocycles. The van der Waals surface area contributed by atoms with Crippen molar-refractivity contribution in [1.29, 1.82) is 0 Å². The summed E-state index contributed by atoms with van der Waals surface area (Å²) >= 11 is 0. The number of carbonyl (C=O) groups is 1. The minimum absolute atomic E-state index is 0.380. The largest absolute Gasteiger partial charge is 0.294 e. The molecule has 0 spiro atoms. The molecule has 1 saturated carbocycles. The molecular formula is C15H22O. The highest BCUT2D eigenvalue weighted by Crippen LogP contribution is 2.45. The molecule has 0 saturated heterocycles. The fourth-order valence-electron chi connectivity index (χ4n) is 3.32. The van der Waals surface area contributed by atoms with Crippen molar-refractivity contribution < 1.29 is 4.79 Å². The quantitative estimate of drug-likeness (QED) is 0.561. The van der Waals surface area contributed by atoms with Crippen LogP contribution in [0.25, 0.3) is 0 Å². The number of hydrogen-bond acceptors (Lipinski definition) is 1. The highest BCUT2D eigenvalue weighted by Gasteiger charge is 2.35. The molecule has 1 heteroatoms. The Morgan fingerprint density at radius 2 is 1.88 bits per heavy atom. The van der Waals surface area contributed by atoms with Gasteiger partial charge in [-0.1, -0.05) is 18.1 Å². The van der Waals surface area contributed by atoms with Gasteiger partial charge in [0, 0.05) is 12.0 Å². The minimum atomic E-state index is 0.380. The maximum atomic E-state index is 12.2. The molecule has 0 amide bonds. The molecule has 88 valence electrons. The summed E-state index contributed by atoms with van der Waals surface area (Å²) in [6.45, 7) is 8.69. The first kappa shape index (κ1) is 11.6. The molecule has 2 atom stereocenters. The lowest BCUT2D eigenvalue weighted by Gasteiger charge is -2.20. The third-order valence-electron chi connectivity index (χ3n) is 4.22. The van der Waals surface area contributed by atoms with Crippen LogP contribution in [0, 0.1) is 11.8 Å². The van der Waals surface area contributed by atoms with Crippen LogP contribution in [0.1, 0.15) is 53.4 Å². The fourth-order valence-corrected chi connectivity index (χ4v) is 3.32. The Kier molecular flexibility index (Phi) is 3.05. The number of rotatable bonds is 0. The Labute approximate surface area is 98.6 Å². The summed E-state index contributed by atoms with van der Waals surface area (Å²) in [5.74, 6) is 1.70. The van der Waals surface area contributed by atoms with Gasteiger partial charge < -0.3 is 0 Å². The Hall–Kier alpha value is -0.850. The zero-order valence-corrected chi connectivity index (χ0v) is 10.9. The summed E-state index contributed by atoms with van der Waals surface area (Å²) in [6, 6.07) is 0. The van der Waals surface area contributed by atoms with Crippen LogP contribution < -0.4 is 0 Å².